The normalized spacial score (nSPS) is 22.2. The van der Waals surface area contributed by atoms with Gasteiger partial charge in [-0.15, -0.1) is 0 Å². The summed E-state index contributed by atoms with van der Waals surface area (Å²) in [5.74, 6) is -1.04. The second kappa shape index (κ2) is 7.71. The Morgan fingerprint density at radius 1 is 1.31 bits per heavy atom. The third-order valence-electron chi connectivity index (χ3n) is 3.65. The SMILES string of the molecule is CC1CN(S(=O)(=O)c2cc(C(=O)NCC(F)(F)F)ccc2Cl)CC(C)O1. The molecule has 26 heavy (non-hydrogen) atoms. The minimum Gasteiger partial charge on any atom is -0.373 e. The standard InChI is InChI=1S/C15H18ClF3N2O4S/c1-9-6-21(7-10(2)25-9)26(23,24)13-5-11(3-4-12(13)16)14(22)20-8-15(17,18)19/h3-5,9-10H,6-8H2,1-2H3,(H,20,22). The first kappa shape index (κ1) is 20.9. The van der Waals surface area contributed by atoms with Gasteiger partial charge in [-0.05, 0) is 32.0 Å². The second-order valence-electron chi connectivity index (χ2n) is 6.02. The van der Waals surface area contributed by atoms with Crippen molar-refractivity contribution in [1.82, 2.24) is 9.62 Å². The predicted molar refractivity (Wildman–Crippen MR) is 88.6 cm³/mol. The maximum Gasteiger partial charge on any atom is 0.405 e. The summed E-state index contributed by atoms with van der Waals surface area (Å²) in [6.45, 7) is 2.14. The predicted octanol–water partition coefficient (Wildman–Crippen LogP) is 2.43. The van der Waals surface area contributed by atoms with Gasteiger partial charge in [0.25, 0.3) is 5.91 Å². The van der Waals surface area contributed by atoms with Gasteiger partial charge in [0, 0.05) is 18.7 Å². The lowest BCUT2D eigenvalue weighted by molar-refractivity contribution is -0.123. The molecule has 1 aliphatic heterocycles. The summed E-state index contributed by atoms with van der Waals surface area (Å²) in [5.41, 5.74) is -0.230. The molecule has 0 aromatic heterocycles. The number of nitrogens with one attached hydrogen (secondary N) is 1. The summed E-state index contributed by atoms with van der Waals surface area (Å²) in [4.78, 5) is 11.5. The van der Waals surface area contributed by atoms with E-state index in [4.69, 9.17) is 16.3 Å². The number of rotatable bonds is 4. The molecule has 1 saturated heterocycles. The maximum atomic E-state index is 12.9. The van der Waals surface area contributed by atoms with Crippen LogP contribution >= 0.6 is 11.6 Å². The number of halogens is 4. The molecule has 1 aromatic carbocycles. The van der Waals surface area contributed by atoms with Crippen LogP contribution in [0.3, 0.4) is 0 Å². The fourth-order valence-corrected chi connectivity index (χ4v) is 4.68. The van der Waals surface area contributed by atoms with Gasteiger partial charge < -0.3 is 10.1 Å². The Morgan fingerprint density at radius 2 is 1.88 bits per heavy atom. The summed E-state index contributed by atoms with van der Waals surface area (Å²) in [6.07, 6.45) is -5.23. The molecular weight excluding hydrogens is 397 g/mol. The second-order valence-corrected chi connectivity index (χ2v) is 8.34. The van der Waals surface area contributed by atoms with Gasteiger partial charge in [0.1, 0.15) is 11.4 Å². The van der Waals surface area contributed by atoms with Crippen molar-refractivity contribution in [3.63, 3.8) is 0 Å². The van der Waals surface area contributed by atoms with Crippen molar-refractivity contribution in [3.05, 3.63) is 28.8 Å². The zero-order valence-corrected chi connectivity index (χ0v) is 15.6. The van der Waals surface area contributed by atoms with Crippen LogP contribution in [0.2, 0.25) is 5.02 Å². The summed E-state index contributed by atoms with van der Waals surface area (Å²) in [6, 6.07) is 3.32. The molecule has 1 amide bonds. The van der Waals surface area contributed by atoms with Crippen molar-refractivity contribution < 1.29 is 31.1 Å². The van der Waals surface area contributed by atoms with Crippen molar-refractivity contribution in [1.29, 1.82) is 0 Å². The first-order chi connectivity index (χ1) is 11.9. The van der Waals surface area contributed by atoms with E-state index in [1.807, 2.05) is 0 Å². The number of morpholine rings is 1. The van der Waals surface area contributed by atoms with E-state index in [1.54, 1.807) is 19.2 Å². The van der Waals surface area contributed by atoms with Gasteiger partial charge in [0.15, 0.2) is 0 Å². The minimum absolute atomic E-state index is 0.105. The largest absolute Gasteiger partial charge is 0.405 e. The zero-order valence-electron chi connectivity index (χ0n) is 14.0. The molecule has 0 saturated carbocycles. The van der Waals surface area contributed by atoms with E-state index in [0.717, 1.165) is 12.1 Å². The number of carbonyl (C=O) groups is 1. The number of alkyl halides is 3. The Balaban J connectivity index is 2.30. The van der Waals surface area contributed by atoms with Gasteiger partial charge in [-0.25, -0.2) is 8.42 Å². The summed E-state index contributed by atoms with van der Waals surface area (Å²) in [5, 5.41) is 1.57. The molecule has 1 heterocycles. The first-order valence-electron chi connectivity index (χ1n) is 7.70. The number of amides is 1. The molecule has 11 heteroatoms. The number of benzene rings is 1. The molecule has 2 unspecified atom stereocenters. The molecule has 0 bridgehead atoms. The van der Waals surface area contributed by atoms with Crippen LogP contribution in [-0.2, 0) is 14.8 Å². The lowest BCUT2D eigenvalue weighted by atomic mass is 10.2. The van der Waals surface area contributed by atoms with Gasteiger partial charge >= 0.3 is 6.18 Å². The third-order valence-corrected chi connectivity index (χ3v) is 5.96. The van der Waals surface area contributed by atoms with Crippen LogP contribution < -0.4 is 5.32 Å². The van der Waals surface area contributed by atoms with Crippen LogP contribution in [-0.4, -0.2) is 56.6 Å². The summed E-state index contributed by atoms with van der Waals surface area (Å²) in [7, 11) is -4.04. The molecule has 2 rings (SSSR count). The van der Waals surface area contributed by atoms with Crippen molar-refractivity contribution in [3.8, 4) is 0 Å². The highest BCUT2D eigenvalue weighted by Crippen LogP contribution is 2.28. The van der Waals surface area contributed by atoms with Gasteiger partial charge in [-0.2, -0.15) is 17.5 Å². The molecule has 0 spiro atoms. The first-order valence-corrected chi connectivity index (χ1v) is 9.52. The topological polar surface area (TPSA) is 75.7 Å². The quantitative estimate of drug-likeness (QED) is 0.821. The molecule has 1 aliphatic rings. The van der Waals surface area contributed by atoms with Crippen LogP contribution in [0.5, 0.6) is 0 Å². The Bertz CT molecular complexity index is 776. The highest BCUT2D eigenvalue weighted by Gasteiger charge is 2.34. The Hall–Kier alpha value is -1.36. The lowest BCUT2D eigenvalue weighted by Gasteiger charge is -2.34. The number of hydrogen-bond acceptors (Lipinski definition) is 4. The van der Waals surface area contributed by atoms with E-state index in [2.05, 4.69) is 0 Å². The Kier molecular flexibility index (Phi) is 6.21. The average Bonchev–Trinajstić information content (AvgIpc) is 2.51. The third kappa shape index (κ3) is 5.09. The molecule has 6 nitrogen and oxygen atoms in total. The molecule has 1 aromatic rings. The number of hydrogen-bond donors (Lipinski definition) is 1. The number of nitrogens with zero attached hydrogens (tertiary/aromatic N) is 1. The van der Waals surface area contributed by atoms with Crippen molar-refractivity contribution >= 4 is 27.5 Å². The van der Waals surface area contributed by atoms with Crippen molar-refractivity contribution in [2.75, 3.05) is 19.6 Å². The molecule has 146 valence electrons. The maximum absolute atomic E-state index is 12.9. The van der Waals surface area contributed by atoms with Crippen LogP contribution in [0, 0.1) is 0 Å². The summed E-state index contributed by atoms with van der Waals surface area (Å²) >= 11 is 5.98. The van der Waals surface area contributed by atoms with Gasteiger partial charge in [0.05, 0.1) is 17.2 Å². The summed E-state index contributed by atoms with van der Waals surface area (Å²) < 4.78 is 69.1. The van der Waals surface area contributed by atoms with E-state index < -0.39 is 28.7 Å². The number of carbonyl (C=O) groups excluding carboxylic acids is 1. The smallest absolute Gasteiger partial charge is 0.373 e. The van der Waals surface area contributed by atoms with E-state index in [9.17, 15) is 26.4 Å². The molecule has 1 fully saturated rings. The molecule has 1 N–H and O–H groups in total. The van der Waals surface area contributed by atoms with Gasteiger partial charge in [-0.1, -0.05) is 11.6 Å². The van der Waals surface area contributed by atoms with Crippen molar-refractivity contribution in [2.24, 2.45) is 0 Å². The number of sulfonamides is 1. The highest BCUT2D eigenvalue weighted by molar-refractivity contribution is 7.89. The van der Waals surface area contributed by atoms with E-state index >= 15 is 0 Å². The molecular formula is C15H18ClF3N2O4S. The Labute approximate surface area is 154 Å². The lowest BCUT2D eigenvalue weighted by Crippen LogP contribution is -2.48. The zero-order chi connectivity index (χ0) is 19.7. The monoisotopic (exact) mass is 414 g/mol. The van der Waals surface area contributed by atoms with Crippen LogP contribution in [0.15, 0.2) is 23.1 Å². The highest BCUT2D eigenvalue weighted by atomic mass is 35.5. The molecule has 2 atom stereocenters. The minimum atomic E-state index is -4.57. The Morgan fingerprint density at radius 3 is 2.42 bits per heavy atom. The van der Waals surface area contributed by atoms with E-state index in [1.165, 1.54) is 10.4 Å². The molecule has 0 aliphatic carbocycles. The van der Waals surface area contributed by atoms with Crippen LogP contribution in [0.4, 0.5) is 13.2 Å². The fourth-order valence-electron chi connectivity index (χ4n) is 2.59. The van der Waals surface area contributed by atoms with Gasteiger partial charge in [0.2, 0.25) is 10.0 Å². The van der Waals surface area contributed by atoms with Crippen molar-refractivity contribution in [2.45, 2.75) is 37.1 Å². The average molecular weight is 415 g/mol. The van der Waals surface area contributed by atoms with Crippen LogP contribution in [0.25, 0.3) is 0 Å². The number of ether oxygens (including phenoxy) is 1. The van der Waals surface area contributed by atoms with Crippen LogP contribution in [0.1, 0.15) is 24.2 Å². The molecule has 0 radical (unpaired) electrons. The fraction of sp³-hybridized carbons (Fsp3) is 0.533. The van der Waals surface area contributed by atoms with Gasteiger partial charge in [-0.3, -0.25) is 4.79 Å². The van der Waals surface area contributed by atoms with E-state index in [0.29, 0.717) is 0 Å². The van der Waals surface area contributed by atoms with E-state index in [-0.39, 0.29) is 40.8 Å².